The van der Waals surface area contributed by atoms with Crippen LogP contribution in [0.1, 0.15) is 26.3 Å². The van der Waals surface area contributed by atoms with Crippen molar-refractivity contribution in [2.45, 2.75) is 26.8 Å². The van der Waals surface area contributed by atoms with Gasteiger partial charge < -0.3 is 15.7 Å². The molecule has 0 aliphatic heterocycles. The summed E-state index contributed by atoms with van der Waals surface area (Å²) in [5.41, 5.74) is -0.633. The largest absolute Gasteiger partial charge is 0.480 e. The van der Waals surface area contributed by atoms with E-state index < -0.39 is 29.3 Å². The van der Waals surface area contributed by atoms with Crippen LogP contribution in [0.2, 0.25) is 0 Å². The third-order valence-electron chi connectivity index (χ3n) is 2.74. The first-order chi connectivity index (χ1) is 9.65. The van der Waals surface area contributed by atoms with Gasteiger partial charge in [0, 0.05) is 0 Å². The Morgan fingerprint density at radius 2 is 2.00 bits per heavy atom. The molecule has 0 heterocycles. The number of hydrogen-bond acceptors (Lipinski definition) is 3. The Bertz CT molecular complexity index is 602. The Balaban J connectivity index is 2.87. The number of nitrogens with one attached hydrogen (secondary N) is 2. The topological polar surface area (TPSA) is 102 Å². The molecule has 0 spiro atoms. The van der Waals surface area contributed by atoms with Crippen LogP contribution in [-0.2, 0) is 4.79 Å². The van der Waals surface area contributed by atoms with Crippen molar-refractivity contribution in [1.82, 2.24) is 5.32 Å². The molecule has 0 unspecified atom stereocenters. The first-order valence-electron chi connectivity index (χ1n) is 6.15. The van der Waals surface area contributed by atoms with Crippen molar-refractivity contribution < 1.29 is 19.1 Å². The molecule has 0 aliphatic carbocycles. The molecule has 1 atom stereocenters. The molecule has 112 valence electrons. The molecule has 1 aromatic rings. The Hall–Kier alpha value is -2.62. The van der Waals surface area contributed by atoms with Crippen molar-refractivity contribution in [1.29, 1.82) is 5.26 Å². The highest BCUT2D eigenvalue weighted by Crippen LogP contribution is 2.20. The van der Waals surface area contributed by atoms with Crippen LogP contribution in [0.25, 0.3) is 0 Å². The summed E-state index contributed by atoms with van der Waals surface area (Å²) < 4.78 is 13.0. The van der Waals surface area contributed by atoms with E-state index >= 15 is 0 Å². The maximum absolute atomic E-state index is 13.0. The van der Waals surface area contributed by atoms with Crippen molar-refractivity contribution in [2.24, 2.45) is 5.41 Å². The number of benzene rings is 1. The summed E-state index contributed by atoms with van der Waals surface area (Å²) in [5, 5.41) is 22.7. The number of urea groups is 1. The van der Waals surface area contributed by atoms with Crippen LogP contribution in [0.5, 0.6) is 0 Å². The number of anilines is 1. The number of aliphatic carboxylic acids is 1. The standard InChI is InChI=1S/C14H16FN3O3/c1-14(2,3)11(12(19)20)18-13(21)17-10-5-4-9(15)6-8(10)7-16/h4-6,11H,1-3H3,(H,19,20)(H2,17,18,21)/t11-/m1/s1. The minimum atomic E-state index is -1.17. The summed E-state index contributed by atoms with van der Waals surface area (Å²) in [6.45, 7) is 5.01. The van der Waals surface area contributed by atoms with Gasteiger partial charge in [0.15, 0.2) is 0 Å². The lowest BCUT2D eigenvalue weighted by molar-refractivity contribution is -0.141. The zero-order valence-corrected chi connectivity index (χ0v) is 11.9. The second kappa shape index (κ2) is 6.22. The average molecular weight is 293 g/mol. The lowest BCUT2D eigenvalue weighted by Crippen LogP contribution is -2.50. The van der Waals surface area contributed by atoms with E-state index in [0.29, 0.717) is 0 Å². The Kier molecular flexibility index (Phi) is 4.87. The molecule has 3 N–H and O–H groups in total. The Morgan fingerprint density at radius 1 is 1.38 bits per heavy atom. The molecule has 0 fully saturated rings. The van der Waals surface area contributed by atoms with Crippen LogP contribution < -0.4 is 10.6 Å². The predicted octanol–water partition coefficient (Wildman–Crippen LogP) is 2.32. The third-order valence-corrected chi connectivity index (χ3v) is 2.74. The van der Waals surface area contributed by atoms with Gasteiger partial charge in [-0.1, -0.05) is 20.8 Å². The fourth-order valence-corrected chi connectivity index (χ4v) is 1.66. The summed E-state index contributed by atoms with van der Waals surface area (Å²) in [6.07, 6.45) is 0. The normalized spacial score (nSPS) is 12.1. The van der Waals surface area contributed by atoms with Gasteiger partial charge in [0.25, 0.3) is 0 Å². The van der Waals surface area contributed by atoms with Crippen molar-refractivity contribution in [3.63, 3.8) is 0 Å². The number of carboxylic acid groups (broad SMARTS) is 1. The van der Waals surface area contributed by atoms with Gasteiger partial charge in [-0.15, -0.1) is 0 Å². The van der Waals surface area contributed by atoms with Crippen LogP contribution >= 0.6 is 0 Å². The summed E-state index contributed by atoms with van der Waals surface area (Å²) in [6, 6.07) is 3.17. The molecule has 0 aliphatic rings. The number of halogens is 1. The summed E-state index contributed by atoms with van der Waals surface area (Å²) >= 11 is 0. The van der Waals surface area contributed by atoms with Gasteiger partial charge in [-0.25, -0.2) is 14.0 Å². The first kappa shape index (κ1) is 16.4. The van der Waals surface area contributed by atoms with Crippen molar-refractivity contribution in [3.8, 4) is 6.07 Å². The van der Waals surface area contributed by atoms with Crippen LogP contribution in [-0.4, -0.2) is 23.1 Å². The number of amides is 2. The molecular formula is C14H16FN3O3. The zero-order valence-electron chi connectivity index (χ0n) is 11.9. The minimum absolute atomic E-state index is 0.0483. The Labute approximate surface area is 121 Å². The molecule has 1 rings (SSSR count). The molecule has 1 aromatic carbocycles. The van der Waals surface area contributed by atoms with Gasteiger partial charge in [0.2, 0.25) is 0 Å². The predicted molar refractivity (Wildman–Crippen MR) is 74.1 cm³/mol. The molecule has 0 radical (unpaired) electrons. The fraction of sp³-hybridized carbons (Fsp3) is 0.357. The van der Waals surface area contributed by atoms with E-state index in [0.717, 1.165) is 12.1 Å². The first-order valence-corrected chi connectivity index (χ1v) is 6.15. The number of carbonyl (C=O) groups excluding carboxylic acids is 1. The van der Waals surface area contributed by atoms with E-state index in [4.69, 9.17) is 10.4 Å². The van der Waals surface area contributed by atoms with E-state index in [1.807, 2.05) is 0 Å². The van der Waals surface area contributed by atoms with E-state index in [9.17, 15) is 14.0 Å². The van der Waals surface area contributed by atoms with Gasteiger partial charge in [0.1, 0.15) is 17.9 Å². The van der Waals surface area contributed by atoms with Crippen LogP contribution in [0, 0.1) is 22.6 Å². The van der Waals surface area contributed by atoms with Crippen molar-refractivity contribution in [2.75, 3.05) is 5.32 Å². The molecule has 0 bridgehead atoms. The quantitative estimate of drug-likeness (QED) is 0.795. The van der Waals surface area contributed by atoms with E-state index in [-0.39, 0.29) is 11.3 Å². The van der Waals surface area contributed by atoms with E-state index in [1.54, 1.807) is 26.8 Å². The number of carboxylic acids is 1. The number of nitrogens with zero attached hydrogens (tertiary/aromatic N) is 1. The van der Waals surface area contributed by atoms with Crippen molar-refractivity contribution >= 4 is 17.7 Å². The van der Waals surface area contributed by atoms with Crippen molar-refractivity contribution in [3.05, 3.63) is 29.6 Å². The van der Waals surface area contributed by atoms with E-state index in [1.165, 1.54) is 6.07 Å². The second-order valence-electron chi connectivity index (χ2n) is 5.54. The maximum Gasteiger partial charge on any atom is 0.326 e. The molecule has 0 saturated carbocycles. The SMILES string of the molecule is CC(C)(C)[C@H](NC(=O)Nc1ccc(F)cc1C#N)C(=O)O. The van der Waals surface area contributed by atoms with E-state index in [2.05, 4.69) is 10.6 Å². The monoisotopic (exact) mass is 293 g/mol. The molecule has 7 heteroatoms. The molecular weight excluding hydrogens is 277 g/mol. The smallest absolute Gasteiger partial charge is 0.326 e. The highest BCUT2D eigenvalue weighted by Gasteiger charge is 2.32. The Morgan fingerprint density at radius 3 is 2.48 bits per heavy atom. The van der Waals surface area contributed by atoms with Crippen LogP contribution in [0.15, 0.2) is 18.2 Å². The molecule has 2 amide bonds. The number of carbonyl (C=O) groups is 2. The lowest BCUT2D eigenvalue weighted by Gasteiger charge is -2.27. The second-order valence-corrected chi connectivity index (χ2v) is 5.54. The van der Waals surface area contributed by atoms with Crippen LogP contribution in [0.4, 0.5) is 14.9 Å². The summed E-state index contributed by atoms with van der Waals surface area (Å²) in [5.74, 6) is -1.77. The average Bonchev–Trinajstić information content (AvgIpc) is 2.36. The molecule has 0 aromatic heterocycles. The molecule has 21 heavy (non-hydrogen) atoms. The van der Waals surface area contributed by atoms with Crippen LogP contribution in [0.3, 0.4) is 0 Å². The number of nitriles is 1. The molecule has 0 saturated heterocycles. The summed E-state index contributed by atoms with van der Waals surface area (Å²) in [4.78, 5) is 23.0. The lowest BCUT2D eigenvalue weighted by atomic mass is 9.87. The summed E-state index contributed by atoms with van der Waals surface area (Å²) in [7, 11) is 0. The maximum atomic E-state index is 13.0. The van der Waals surface area contributed by atoms with Gasteiger partial charge in [-0.05, 0) is 23.6 Å². The van der Waals surface area contributed by atoms with Gasteiger partial charge in [-0.2, -0.15) is 5.26 Å². The number of hydrogen-bond donors (Lipinski definition) is 3. The number of rotatable bonds is 3. The zero-order chi connectivity index (χ0) is 16.2. The third kappa shape index (κ3) is 4.45. The molecule has 6 nitrogen and oxygen atoms in total. The fourth-order valence-electron chi connectivity index (χ4n) is 1.66. The van der Waals surface area contributed by atoms with Gasteiger partial charge in [0.05, 0.1) is 11.3 Å². The minimum Gasteiger partial charge on any atom is -0.480 e. The van der Waals surface area contributed by atoms with Gasteiger partial charge >= 0.3 is 12.0 Å². The highest BCUT2D eigenvalue weighted by molar-refractivity contribution is 5.93. The van der Waals surface area contributed by atoms with Gasteiger partial charge in [-0.3, -0.25) is 0 Å². The highest BCUT2D eigenvalue weighted by atomic mass is 19.1.